The molecule has 0 atom stereocenters. The Hall–Kier alpha value is -3.48. The number of aryl methyl sites for hydroxylation is 2. The standard InChI is InChI=1S/C26H28ClN5O5S2/c1-4-5-14-38(34,35)30-20-9-8-19(22(27)15-20)16-32-18(3)28-23-12-13-24(29-25(23)32)26(33)31-39(36,37)21-10-6-17(2)7-11-21/h6-13,15,30H,4-5,14,16H2,1-3H3,(H,31,33). The largest absolute Gasteiger partial charge is 0.308 e. The first kappa shape index (κ1) is 28.5. The summed E-state index contributed by atoms with van der Waals surface area (Å²) in [6.45, 7) is 5.76. The van der Waals surface area contributed by atoms with Crippen molar-refractivity contribution in [3.63, 3.8) is 0 Å². The van der Waals surface area contributed by atoms with E-state index in [1.54, 1.807) is 41.8 Å². The fourth-order valence-corrected chi connectivity index (χ4v) is 6.31. The summed E-state index contributed by atoms with van der Waals surface area (Å²) >= 11 is 6.49. The highest BCUT2D eigenvalue weighted by Gasteiger charge is 2.21. The van der Waals surface area contributed by atoms with Crippen molar-refractivity contribution in [1.82, 2.24) is 19.3 Å². The molecule has 2 N–H and O–H groups in total. The van der Waals surface area contributed by atoms with Gasteiger partial charge in [-0.25, -0.2) is 31.5 Å². The van der Waals surface area contributed by atoms with E-state index in [4.69, 9.17) is 11.6 Å². The van der Waals surface area contributed by atoms with Gasteiger partial charge in [-0.1, -0.05) is 48.7 Å². The molecule has 0 bridgehead atoms. The Kier molecular flexibility index (Phi) is 8.28. The molecule has 2 aromatic carbocycles. The Bertz CT molecular complexity index is 1750. The highest BCUT2D eigenvalue weighted by molar-refractivity contribution is 7.92. The first-order valence-corrected chi connectivity index (χ1v) is 15.7. The molecule has 0 saturated heterocycles. The number of pyridine rings is 1. The van der Waals surface area contributed by atoms with Crippen LogP contribution < -0.4 is 9.44 Å². The van der Waals surface area contributed by atoms with Gasteiger partial charge in [0.1, 0.15) is 17.0 Å². The predicted octanol–water partition coefficient (Wildman–Crippen LogP) is 4.41. The zero-order chi connectivity index (χ0) is 28.4. The Balaban J connectivity index is 1.58. The number of unbranched alkanes of at least 4 members (excludes halogenated alkanes) is 1. The van der Waals surface area contributed by atoms with E-state index in [9.17, 15) is 21.6 Å². The second kappa shape index (κ2) is 11.3. The third-order valence-electron chi connectivity index (χ3n) is 6.00. The maximum atomic E-state index is 12.8. The molecule has 0 radical (unpaired) electrons. The Morgan fingerprint density at radius 3 is 2.36 bits per heavy atom. The maximum absolute atomic E-state index is 12.8. The Morgan fingerprint density at radius 1 is 0.974 bits per heavy atom. The number of fused-ring (bicyclic) bond motifs is 1. The molecule has 2 aromatic heterocycles. The Labute approximate surface area is 232 Å². The van der Waals surface area contributed by atoms with Crippen LogP contribution in [0.4, 0.5) is 5.69 Å². The van der Waals surface area contributed by atoms with Gasteiger partial charge < -0.3 is 4.57 Å². The molecule has 0 fully saturated rings. The van der Waals surface area contributed by atoms with Gasteiger partial charge in [-0.2, -0.15) is 0 Å². The van der Waals surface area contributed by atoms with E-state index in [1.807, 2.05) is 13.8 Å². The van der Waals surface area contributed by atoms with Crippen LogP contribution in [0.2, 0.25) is 5.02 Å². The summed E-state index contributed by atoms with van der Waals surface area (Å²) in [6.07, 6.45) is 1.32. The average Bonchev–Trinajstić information content (AvgIpc) is 3.18. The maximum Gasteiger partial charge on any atom is 0.283 e. The van der Waals surface area contributed by atoms with Crippen LogP contribution in [0, 0.1) is 13.8 Å². The molecule has 0 spiro atoms. The minimum absolute atomic E-state index is 0.0248. The first-order chi connectivity index (χ1) is 18.4. The lowest BCUT2D eigenvalue weighted by molar-refractivity contribution is 0.0977. The normalized spacial score (nSPS) is 12.0. The van der Waals surface area contributed by atoms with E-state index in [1.165, 1.54) is 24.3 Å². The van der Waals surface area contributed by atoms with Crippen molar-refractivity contribution < 1.29 is 21.6 Å². The van der Waals surface area contributed by atoms with E-state index in [-0.39, 0.29) is 22.9 Å². The molecular weight excluding hydrogens is 562 g/mol. The number of hydrogen-bond donors (Lipinski definition) is 2. The average molecular weight is 590 g/mol. The number of amides is 1. The summed E-state index contributed by atoms with van der Waals surface area (Å²) in [6, 6.07) is 14.0. The van der Waals surface area contributed by atoms with Gasteiger partial charge in [0.15, 0.2) is 5.65 Å². The van der Waals surface area contributed by atoms with E-state index in [0.29, 0.717) is 39.7 Å². The molecular formula is C26H28ClN5O5S2. The predicted molar refractivity (Wildman–Crippen MR) is 151 cm³/mol. The lowest BCUT2D eigenvalue weighted by Crippen LogP contribution is -2.31. The minimum Gasteiger partial charge on any atom is -0.308 e. The lowest BCUT2D eigenvalue weighted by atomic mass is 10.2. The number of hydrogen-bond acceptors (Lipinski definition) is 7. The number of benzene rings is 2. The van der Waals surface area contributed by atoms with Gasteiger partial charge in [0.25, 0.3) is 15.9 Å². The van der Waals surface area contributed by atoms with Gasteiger partial charge in [0, 0.05) is 10.7 Å². The molecule has 0 aliphatic carbocycles. The van der Waals surface area contributed by atoms with Gasteiger partial charge in [0.05, 0.1) is 17.2 Å². The van der Waals surface area contributed by atoms with E-state index in [2.05, 4.69) is 19.4 Å². The number of nitrogens with zero attached hydrogens (tertiary/aromatic N) is 3. The molecule has 206 valence electrons. The van der Waals surface area contributed by atoms with Crippen LogP contribution in [-0.4, -0.2) is 43.0 Å². The zero-order valence-electron chi connectivity index (χ0n) is 21.6. The molecule has 0 aliphatic heterocycles. The van der Waals surface area contributed by atoms with E-state index >= 15 is 0 Å². The lowest BCUT2D eigenvalue weighted by Gasteiger charge is -2.12. The number of nitrogens with one attached hydrogen (secondary N) is 2. The van der Waals surface area contributed by atoms with Gasteiger partial charge in [-0.3, -0.25) is 9.52 Å². The summed E-state index contributed by atoms with van der Waals surface area (Å²) in [7, 11) is -7.56. The smallest absolute Gasteiger partial charge is 0.283 e. The molecule has 4 aromatic rings. The molecule has 0 unspecified atom stereocenters. The summed E-state index contributed by atoms with van der Waals surface area (Å²) in [5, 5.41) is 0.338. The molecule has 0 saturated carbocycles. The molecule has 2 heterocycles. The van der Waals surface area contributed by atoms with Crippen molar-refractivity contribution in [2.24, 2.45) is 0 Å². The van der Waals surface area contributed by atoms with Gasteiger partial charge in [-0.05, 0) is 62.2 Å². The van der Waals surface area contributed by atoms with Crippen LogP contribution in [0.5, 0.6) is 0 Å². The van der Waals surface area contributed by atoms with Crippen LogP contribution >= 0.6 is 11.6 Å². The van der Waals surface area contributed by atoms with Crippen molar-refractivity contribution in [3.8, 4) is 0 Å². The van der Waals surface area contributed by atoms with Crippen LogP contribution in [-0.2, 0) is 26.6 Å². The molecule has 4 rings (SSSR count). The third-order valence-corrected chi connectivity index (χ3v) is 9.07. The quantitative estimate of drug-likeness (QED) is 0.279. The van der Waals surface area contributed by atoms with Crippen LogP contribution in [0.3, 0.4) is 0 Å². The molecule has 10 nitrogen and oxygen atoms in total. The molecule has 13 heteroatoms. The van der Waals surface area contributed by atoms with Crippen LogP contribution in [0.25, 0.3) is 11.2 Å². The highest BCUT2D eigenvalue weighted by Crippen LogP contribution is 2.25. The van der Waals surface area contributed by atoms with Crippen LogP contribution in [0.15, 0.2) is 59.5 Å². The second-order valence-corrected chi connectivity index (χ2v) is 13.0. The van der Waals surface area contributed by atoms with Crippen molar-refractivity contribution in [2.75, 3.05) is 10.5 Å². The number of aromatic nitrogens is 3. The van der Waals surface area contributed by atoms with Gasteiger partial charge in [-0.15, -0.1) is 0 Å². The van der Waals surface area contributed by atoms with E-state index in [0.717, 1.165) is 12.0 Å². The number of anilines is 1. The summed E-state index contributed by atoms with van der Waals surface area (Å²) in [5.41, 5.74) is 2.71. The minimum atomic E-state index is -4.09. The third kappa shape index (κ3) is 6.75. The fourth-order valence-electron chi connectivity index (χ4n) is 3.86. The summed E-state index contributed by atoms with van der Waals surface area (Å²) in [4.78, 5) is 21.7. The highest BCUT2D eigenvalue weighted by atomic mass is 35.5. The number of carbonyl (C=O) groups excluding carboxylic acids is 1. The molecule has 1 amide bonds. The number of carbonyl (C=O) groups is 1. The summed E-state index contributed by atoms with van der Waals surface area (Å²) < 4.78 is 56.1. The fraction of sp³-hybridized carbons (Fsp3) is 0.269. The van der Waals surface area contributed by atoms with Gasteiger partial charge in [0.2, 0.25) is 10.0 Å². The Morgan fingerprint density at radius 2 is 1.69 bits per heavy atom. The number of imidazole rings is 1. The SMILES string of the molecule is CCCCS(=O)(=O)Nc1ccc(Cn2c(C)nc3ccc(C(=O)NS(=O)(=O)c4ccc(C)cc4)nc32)c(Cl)c1. The monoisotopic (exact) mass is 589 g/mol. The van der Waals surface area contributed by atoms with Crippen molar-refractivity contribution in [1.29, 1.82) is 0 Å². The molecule has 39 heavy (non-hydrogen) atoms. The van der Waals surface area contributed by atoms with Gasteiger partial charge >= 0.3 is 0 Å². The number of sulfonamides is 2. The van der Waals surface area contributed by atoms with E-state index < -0.39 is 26.0 Å². The summed E-state index contributed by atoms with van der Waals surface area (Å²) in [5.74, 6) is -0.250. The second-order valence-electron chi connectivity index (χ2n) is 9.11. The number of rotatable bonds is 10. The topological polar surface area (TPSA) is 140 Å². The van der Waals surface area contributed by atoms with Crippen molar-refractivity contribution in [3.05, 3.63) is 82.3 Å². The van der Waals surface area contributed by atoms with Crippen molar-refractivity contribution in [2.45, 2.75) is 45.1 Å². The zero-order valence-corrected chi connectivity index (χ0v) is 24.0. The van der Waals surface area contributed by atoms with Crippen molar-refractivity contribution >= 4 is 54.4 Å². The molecule has 0 aliphatic rings. The first-order valence-electron chi connectivity index (χ1n) is 12.1. The number of halogens is 1. The van der Waals surface area contributed by atoms with Crippen LogP contribution in [0.1, 0.15) is 47.2 Å².